The highest BCUT2D eigenvalue weighted by molar-refractivity contribution is 7.71. The molecule has 0 atom stereocenters. The zero-order valence-corrected chi connectivity index (χ0v) is 13.1. The molecule has 1 N–H and O–H groups in total. The number of rotatable bonds is 3. The maximum Gasteiger partial charge on any atom is 0.182 e. The van der Waals surface area contributed by atoms with Gasteiger partial charge in [0.25, 0.3) is 0 Å². The topological polar surface area (TPSA) is 33.9 Å². The van der Waals surface area contributed by atoms with Crippen molar-refractivity contribution in [1.29, 1.82) is 0 Å². The molecule has 2 aromatic carbocycles. The number of nitrogens with one attached hydrogen (secondary N) is 1. The zero-order chi connectivity index (χ0) is 15.6. The lowest BCUT2D eigenvalue weighted by Gasteiger charge is -2.10. The Bertz CT molecular complexity index is 967. The average molecular weight is 318 g/mol. The van der Waals surface area contributed by atoms with E-state index >= 15 is 0 Å². The molecule has 2 aromatic heterocycles. The minimum Gasteiger partial charge on any atom is -0.463 e. The van der Waals surface area contributed by atoms with Crippen molar-refractivity contribution in [2.45, 2.75) is 0 Å². The van der Waals surface area contributed by atoms with Crippen molar-refractivity contribution < 1.29 is 4.42 Å². The number of para-hydroxylation sites is 1. The van der Waals surface area contributed by atoms with Gasteiger partial charge in [-0.3, -0.25) is 4.57 Å². The number of aromatic amines is 1. The molecule has 0 bridgehead atoms. The predicted octanol–water partition coefficient (Wildman–Crippen LogP) is 5.46. The van der Waals surface area contributed by atoms with E-state index in [0.717, 1.165) is 28.4 Å². The minimum absolute atomic E-state index is 0.640. The fourth-order valence-corrected chi connectivity index (χ4v) is 3.03. The second kappa shape index (κ2) is 5.74. The predicted molar refractivity (Wildman–Crippen MR) is 94.1 cm³/mol. The van der Waals surface area contributed by atoms with Gasteiger partial charge in [-0.1, -0.05) is 48.5 Å². The molecule has 2 heterocycles. The van der Waals surface area contributed by atoms with Gasteiger partial charge in [-0.2, -0.15) is 0 Å². The standard InChI is InChI=1S/C19H14N2OS/c23-19-20-17(16-12-7-13-22-16)18(14-8-3-1-4-9-14)21(19)15-10-5-2-6-11-15/h1-13H,(H,20,23). The third-order valence-corrected chi connectivity index (χ3v) is 4.01. The van der Waals surface area contributed by atoms with Gasteiger partial charge in [0, 0.05) is 11.3 Å². The molecule has 112 valence electrons. The molecule has 4 rings (SSSR count). The van der Waals surface area contributed by atoms with Gasteiger partial charge < -0.3 is 9.40 Å². The summed E-state index contributed by atoms with van der Waals surface area (Å²) in [6, 6.07) is 24.1. The van der Waals surface area contributed by atoms with E-state index in [9.17, 15) is 0 Å². The molecule has 0 saturated heterocycles. The molecule has 4 heteroatoms. The van der Waals surface area contributed by atoms with E-state index < -0.39 is 0 Å². The smallest absolute Gasteiger partial charge is 0.182 e. The van der Waals surface area contributed by atoms with Crippen LogP contribution in [0.5, 0.6) is 0 Å². The number of nitrogens with zero attached hydrogens (tertiary/aromatic N) is 1. The molecule has 23 heavy (non-hydrogen) atoms. The van der Waals surface area contributed by atoms with Crippen molar-refractivity contribution in [2.24, 2.45) is 0 Å². The van der Waals surface area contributed by atoms with Crippen LogP contribution in [0.2, 0.25) is 0 Å². The first-order chi connectivity index (χ1) is 11.3. The van der Waals surface area contributed by atoms with Crippen molar-refractivity contribution in [3.05, 3.63) is 83.8 Å². The van der Waals surface area contributed by atoms with Crippen LogP contribution in [-0.2, 0) is 0 Å². The molecule has 0 radical (unpaired) electrons. The lowest BCUT2D eigenvalue weighted by molar-refractivity contribution is 0.580. The Morgan fingerprint density at radius 2 is 1.52 bits per heavy atom. The first-order valence-corrected chi connectivity index (χ1v) is 7.75. The van der Waals surface area contributed by atoms with E-state index in [1.165, 1.54) is 0 Å². The van der Waals surface area contributed by atoms with Crippen molar-refractivity contribution in [1.82, 2.24) is 9.55 Å². The molecule has 0 unspecified atom stereocenters. The Hall–Kier alpha value is -2.85. The summed E-state index contributed by atoms with van der Waals surface area (Å²) in [7, 11) is 0. The first-order valence-electron chi connectivity index (χ1n) is 7.34. The van der Waals surface area contributed by atoms with Crippen molar-refractivity contribution in [2.75, 3.05) is 0 Å². The molecule has 0 aliphatic rings. The number of imidazole rings is 1. The van der Waals surface area contributed by atoms with Crippen LogP contribution in [0.25, 0.3) is 28.4 Å². The van der Waals surface area contributed by atoms with Crippen LogP contribution in [0.1, 0.15) is 0 Å². The summed E-state index contributed by atoms with van der Waals surface area (Å²) in [4.78, 5) is 3.30. The fourth-order valence-electron chi connectivity index (χ4n) is 2.73. The van der Waals surface area contributed by atoms with Crippen LogP contribution < -0.4 is 0 Å². The third-order valence-electron chi connectivity index (χ3n) is 3.72. The van der Waals surface area contributed by atoms with Gasteiger partial charge >= 0.3 is 0 Å². The van der Waals surface area contributed by atoms with Gasteiger partial charge in [0.15, 0.2) is 10.5 Å². The van der Waals surface area contributed by atoms with E-state index in [0.29, 0.717) is 4.77 Å². The first kappa shape index (κ1) is 13.8. The summed E-state index contributed by atoms with van der Waals surface area (Å²) in [5.41, 5.74) is 3.98. The van der Waals surface area contributed by atoms with Crippen molar-refractivity contribution in [3.8, 4) is 28.4 Å². The van der Waals surface area contributed by atoms with Gasteiger partial charge in [-0.25, -0.2) is 0 Å². The summed E-state index contributed by atoms with van der Waals surface area (Å²) < 4.78 is 8.28. The largest absolute Gasteiger partial charge is 0.463 e. The van der Waals surface area contributed by atoms with Crippen LogP contribution in [0.4, 0.5) is 0 Å². The Morgan fingerprint density at radius 1 is 0.826 bits per heavy atom. The second-order valence-corrected chi connectivity index (χ2v) is 5.55. The molecule has 4 aromatic rings. The Kier molecular flexibility index (Phi) is 3.44. The molecule has 0 saturated carbocycles. The molecule has 0 aliphatic heterocycles. The van der Waals surface area contributed by atoms with E-state index in [4.69, 9.17) is 16.6 Å². The maximum absolute atomic E-state index is 5.60. The highest BCUT2D eigenvalue weighted by atomic mass is 32.1. The third kappa shape index (κ3) is 2.43. The number of benzene rings is 2. The number of hydrogen-bond acceptors (Lipinski definition) is 2. The van der Waals surface area contributed by atoms with Crippen LogP contribution >= 0.6 is 12.2 Å². The summed E-state index contributed by atoms with van der Waals surface area (Å²) in [6.07, 6.45) is 1.67. The Balaban J connectivity index is 2.06. The summed E-state index contributed by atoms with van der Waals surface area (Å²) in [5.74, 6) is 0.768. The lowest BCUT2D eigenvalue weighted by atomic mass is 10.1. The van der Waals surface area contributed by atoms with Gasteiger partial charge in [0.1, 0.15) is 5.69 Å². The van der Waals surface area contributed by atoms with Crippen LogP contribution in [0, 0.1) is 4.77 Å². The second-order valence-electron chi connectivity index (χ2n) is 5.17. The van der Waals surface area contributed by atoms with Crippen LogP contribution in [0.3, 0.4) is 0 Å². The highest BCUT2D eigenvalue weighted by Gasteiger charge is 2.18. The zero-order valence-electron chi connectivity index (χ0n) is 12.3. The highest BCUT2D eigenvalue weighted by Crippen LogP contribution is 2.34. The molecular formula is C19H14N2OS. The summed E-state index contributed by atoms with van der Waals surface area (Å²) >= 11 is 5.58. The van der Waals surface area contributed by atoms with Gasteiger partial charge in [0.05, 0.1) is 12.0 Å². The van der Waals surface area contributed by atoms with Crippen molar-refractivity contribution in [3.63, 3.8) is 0 Å². The quantitative estimate of drug-likeness (QED) is 0.509. The van der Waals surface area contributed by atoms with E-state index in [1.807, 2.05) is 65.2 Å². The fraction of sp³-hybridized carbons (Fsp3) is 0. The number of H-pyrrole nitrogens is 1. The number of furan rings is 1. The molecule has 3 nitrogen and oxygen atoms in total. The maximum atomic E-state index is 5.60. The normalized spacial score (nSPS) is 10.8. The molecule has 0 aliphatic carbocycles. The number of aromatic nitrogens is 2. The average Bonchev–Trinajstić information content (AvgIpc) is 3.24. The lowest BCUT2D eigenvalue weighted by Crippen LogP contribution is -1.97. The molecule has 0 fully saturated rings. The van der Waals surface area contributed by atoms with E-state index in [-0.39, 0.29) is 0 Å². The monoisotopic (exact) mass is 318 g/mol. The molecular weight excluding hydrogens is 304 g/mol. The van der Waals surface area contributed by atoms with Crippen LogP contribution in [-0.4, -0.2) is 9.55 Å². The van der Waals surface area contributed by atoms with Crippen molar-refractivity contribution >= 4 is 12.2 Å². The summed E-state index contributed by atoms with van der Waals surface area (Å²) in [6.45, 7) is 0. The molecule has 0 amide bonds. The minimum atomic E-state index is 0.640. The SMILES string of the molecule is S=c1[nH]c(-c2ccco2)c(-c2ccccc2)n1-c1ccccc1. The summed E-state index contributed by atoms with van der Waals surface area (Å²) in [5, 5.41) is 0. The van der Waals surface area contributed by atoms with Gasteiger partial charge in [-0.15, -0.1) is 0 Å². The van der Waals surface area contributed by atoms with Gasteiger partial charge in [-0.05, 0) is 36.5 Å². The van der Waals surface area contributed by atoms with Crippen LogP contribution in [0.15, 0.2) is 83.5 Å². The Morgan fingerprint density at radius 3 is 2.17 bits per heavy atom. The molecule has 0 spiro atoms. The van der Waals surface area contributed by atoms with E-state index in [2.05, 4.69) is 17.1 Å². The van der Waals surface area contributed by atoms with E-state index in [1.54, 1.807) is 6.26 Å². The Labute approximate surface area is 138 Å². The number of hydrogen-bond donors (Lipinski definition) is 1. The van der Waals surface area contributed by atoms with Gasteiger partial charge in [0.2, 0.25) is 0 Å².